The fraction of sp³-hybridized carbons (Fsp3) is 0.917. The van der Waals surface area contributed by atoms with Crippen LogP contribution in [0.1, 0.15) is 32.6 Å². The monoisotopic (exact) mass is 224 g/mol. The maximum Gasteiger partial charge on any atom is 0.168 e. The maximum absolute atomic E-state index is 12.2. The molecule has 6 atom stereocenters. The molecule has 3 aliphatic heterocycles. The molecule has 4 nitrogen and oxygen atoms in total. The third-order valence-electron chi connectivity index (χ3n) is 5.03. The summed E-state index contributed by atoms with van der Waals surface area (Å²) in [6, 6.07) is 0. The van der Waals surface area contributed by atoms with Crippen molar-refractivity contribution in [2.45, 2.75) is 56.2 Å². The number of carbonyl (C=O) groups excluding carboxylic acids is 1. The van der Waals surface area contributed by atoms with Crippen LogP contribution in [0.4, 0.5) is 0 Å². The van der Waals surface area contributed by atoms with Crippen LogP contribution >= 0.6 is 0 Å². The van der Waals surface area contributed by atoms with Gasteiger partial charge in [-0.25, -0.2) is 0 Å². The van der Waals surface area contributed by atoms with Gasteiger partial charge in [0.2, 0.25) is 0 Å². The summed E-state index contributed by atoms with van der Waals surface area (Å²) in [5.41, 5.74) is -0.556. The Morgan fingerprint density at radius 1 is 1.44 bits per heavy atom. The molecule has 3 heterocycles. The van der Waals surface area contributed by atoms with E-state index in [2.05, 4.69) is 0 Å². The van der Waals surface area contributed by atoms with Crippen molar-refractivity contribution in [3.05, 3.63) is 0 Å². The number of Topliss-reactive ketones (excluding diaryl/α,β-unsaturated/α-hetero) is 1. The summed E-state index contributed by atoms with van der Waals surface area (Å²) >= 11 is 0. The first-order valence-electron chi connectivity index (χ1n) is 6.16. The molecule has 3 saturated heterocycles. The summed E-state index contributed by atoms with van der Waals surface area (Å²) in [4.78, 5) is 12.2. The fourth-order valence-electron chi connectivity index (χ4n) is 4.53. The van der Waals surface area contributed by atoms with Crippen molar-refractivity contribution in [1.82, 2.24) is 0 Å². The first kappa shape index (κ1) is 9.57. The minimum atomic E-state index is -1.10. The van der Waals surface area contributed by atoms with Crippen molar-refractivity contribution in [2.75, 3.05) is 0 Å². The van der Waals surface area contributed by atoms with Gasteiger partial charge < -0.3 is 14.6 Å². The molecule has 4 heteroatoms. The van der Waals surface area contributed by atoms with Gasteiger partial charge in [0, 0.05) is 18.3 Å². The quantitative estimate of drug-likeness (QED) is 0.655. The van der Waals surface area contributed by atoms with Gasteiger partial charge in [0.25, 0.3) is 0 Å². The Hall–Kier alpha value is -0.450. The van der Waals surface area contributed by atoms with Crippen molar-refractivity contribution >= 4 is 5.78 Å². The number of hydrogen-bond acceptors (Lipinski definition) is 4. The Bertz CT molecular complexity index is 377. The summed E-state index contributed by atoms with van der Waals surface area (Å²) in [6.45, 7) is 1.72. The van der Waals surface area contributed by atoms with Crippen molar-refractivity contribution in [2.24, 2.45) is 11.8 Å². The Labute approximate surface area is 93.9 Å². The van der Waals surface area contributed by atoms with Crippen LogP contribution < -0.4 is 0 Å². The molecule has 0 aromatic carbocycles. The molecule has 4 aliphatic rings. The molecule has 2 bridgehead atoms. The zero-order chi connectivity index (χ0) is 11.1. The average molecular weight is 224 g/mol. The van der Waals surface area contributed by atoms with Crippen LogP contribution in [-0.4, -0.2) is 34.5 Å². The van der Waals surface area contributed by atoms with Gasteiger partial charge in [-0.15, -0.1) is 0 Å². The van der Waals surface area contributed by atoms with Gasteiger partial charge in [-0.3, -0.25) is 4.79 Å². The molecule has 0 aromatic rings. The minimum absolute atomic E-state index is 0.00792. The Morgan fingerprint density at radius 3 is 3.06 bits per heavy atom. The highest BCUT2D eigenvalue weighted by atomic mass is 16.7. The number of carbonyl (C=O) groups is 1. The lowest BCUT2D eigenvalue weighted by Gasteiger charge is -2.37. The lowest BCUT2D eigenvalue weighted by molar-refractivity contribution is -0.226. The van der Waals surface area contributed by atoms with Crippen LogP contribution in [0.5, 0.6) is 0 Å². The van der Waals surface area contributed by atoms with Gasteiger partial charge in [-0.2, -0.15) is 0 Å². The summed E-state index contributed by atoms with van der Waals surface area (Å²) in [5, 5.41) is 10.3. The van der Waals surface area contributed by atoms with Gasteiger partial charge >= 0.3 is 0 Å². The number of aliphatic hydroxyl groups is 1. The normalized spacial score (nSPS) is 62.8. The number of ketones is 1. The van der Waals surface area contributed by atoms with E-state index in [0.717, 1.165) is 19.3 Å². The van der Waals surface area contributed by atoms with Crippen LogP contribution in [0.3, 0.4) is 0 Å². The molecular formula is C12H16O4. The van der Waals surface area contributed by atoms with E-state index in [1.165, 1.54) is 0 Å². The highest BCUT2D eigenvalue weighted by molar-refractivity contribution is 5.90. The zero-order valence-electron chi connectivity index (χ0n) is 9.31. The van der Waals surface area contributed by atoms with E-state index in [1.807, 2.05) is 0 Å². The molecule has 4 rings (SSSR count). The standard InChI is InChI=1S/C12H16O4/c1-11(14)9-6-3-2-4-12(6)8(13)5-7(15-11)10(9)16-12/h6-7,9-10,14H,2-5H2,1H3/t6-,7+,9-,10-,11-,12-/m0/s1. The number of fused-ring (bicyclic) bond motifs is 1. The summed E-state index contributed by atoms with van der Waals surface area (Å²) in [5.74, 6) is -0.736. The van der Waals surface area contributed by atoms with Gasteiger partial charge in [-0.05, 0) is 26.2 Å². The van der Waals surface area contributed by atoms with E-state index in [0.29, 0.717) is 6.42 Å². The van der Waals surface area contributed by atoms with Gasteiger partial charge in [0.05, 0.1) is 12.2 Å². The van der Waals surface area contributed by atoms with Crippen molar-refractivity contribution < 1.29 is 19.4 Å². The summed E-state index contributed by atoms with van der Waals surface area (Å²) in [7, 11) is 0. The molecule has 1 N–H and O–H groups in total. The highest BCUT2D eigenvalue weighted by Crippen LogP contribution is 2.62. The van der Waals surface area contributed by atoms with Gasteiger partial charge in [0.15, 0.2) is 11.6 Å². The third kappa shape index (κ3) is 0.835. The maximum atomic E-state index is 12.2. The van der Waals surface area contributed by atoms with Crippen molar-refractivity contribution in [1.29, 1.82) is 0 Å². The van der Waals surface area contributed by atoms with Crippen LogP contribution in [-0.2, 0) is 14.3 Å². The topological polar surface area (TPSA) is 55.8 Å². The number of ether oxygens (including phenoxy) is 2. The lowest BCUT2D eigenvalue weighted by atomic mass is 9.78. The van der Waals surface area contributed by atoms with E-state index in [9.17, 15) is 9.90 Å². The van der Waals surface area contributed by atoms with Crippen LogP contribution in [0.15, 0.2) is 0 Å². The molecule has 16 heavy (non-hydrogen) atoms. The lowest BCUT2D eigenvalue weighted by Crippen LogP contribution is -2.50. The molecule has 1 aliphatic carbocycles. The smallest absolute Gasteiger partial charge is 0.168 e. The fourth-order valence-corrected chi connectivity index (χ4v) is 4.53. The second-order valence-corrected chi connectivity index (χ2v) is 5.83. The largest absolute Gasteiger partial charge is 0.365 e. The van der Waals surface area contributed by atoms with E-state index in [-0.39, 0.29) is 29.8 Å². The Balaban J connectivity index is 1.87. The second-order valence-electron chi connectivity index (χ2n) is 5.83. The predicted molar refractivity (Wildman–Crippen MR) is 53.6 cm³/mol. The minimum Gasteiger partial charge on any atom is -0.365 e. The SMILES string of the molecule is C[C@]1(O)O[C@@H]2CC(=O)[C@]34CCC[C@H]3[C@H]1[C@H]2O4. The first-order valence-corrected chi connectivity index (χ1v) is 6.16. The molecule has 0 radical (unpaired) electrons. The van der Waals surface area contributed by atoms with E-state index >= 15 is 0 Å². The van der Waals surface area contributed by atoms with Crippen LogP contribution in [0.25, 0.3) is 0 Å². The van der Waals surface area contributed by atoms with Crippen LogP contribution in [0.2, 0.25) is 0 Å². The van der Waals surface area contributed by atoms with Crippen molar-refractivity contribution in [3.8, 4) is 0 Å². The Morgan fingerprint density at radius 2 is 2.25 bits per heavy atom. The summed E-state index contributed by atoms with van der Waals surface area (Å²) < 4.78 is 11.6. The molecule has 1 spiro atoms. The molecule has 1 saturated carbocycles. The van der Waals surface area contributed by atoms with Crippen molar-refractivity contribution in [3.63, 3.8) is 0 Å². The predicted octanol–water partition coefficient (Wildman–Crippen LogP) is 0.620. The Kier molecular flexibility index (Phi) is 1.51. The molecular weight excluding hydrogens is 208 g/mol. The molecule has 0 amide bonds. The molecule has 88 valence electrons. The summed E-state index contributed by atoms with van der Waals surface area (Å²) in [6.07, 6.45) is 3.00. The average Bonchev–Trinajstić information content (AvgIpc) is 2.72. The zero-order valence-corrected chi connectivity index (χ0v) is 9.31. The molecule has 0 aromatic heterocycles. The third-order valence-corrected chi connectivity index (χ3v) is 5.03. The van der Waals surface area contributed by atoms with Gasteiger partial charge in [0.1, 0.15) is 5.60 Å². The van der Waals surface area contributed by atoms with Gasteiger partial charge in [-0.1, -0.05) is 0 Å². The first-order chi connectivity index (χ1) is 7.55. The number of rotatable bonds is 0. The van der Waals surface area contributed by atoms with E-state index in [1.54, 1.807) is 6.92 Å². The molecule has 4 fully saturated rings. The second kappa shape index (κ2) is 2.52. The van der Waals surface area contributed by atoms with E-state index < -0.39 is 11.4 Å². The highest BCUT2D eigenvalue weighted by Gasteiger charge is 2.73. The van der Waals surface area contributed by atoms with E-state index in [4.69, 9.17) is 9.47 Å². The van der Waals surface area contributed by atoms with Crippen LogP contribution in [0, 0.1) is 11.8 Å². The number of hydrogen-bond donors (Lipinski definition) is 1. The molecule has 0 unspecified atom stereocenters.